The van der Waals surface area contributed by atoms with E-state index in [4.69, 9.17) is 5.73 Å². The van der Waals surface area contributed by atoms with Gasteiger partial charge in [0.2, 0.25) is 0 Å². The van der Waals surface area contributed by atoms with Gasteiger partial charge in [0.25, 0.3) is 0 Å². The minimum Gasteiger partial charge on any atom is -0.398 e. The number of nitrogen functional groups attached to an aromatic ring is 1. The van der Waals surface area contributed by atoms with Gasteiger partial charge in [-0.1, -0.05) is 18.2 Å². The first-order chi connectivity index (χ1) is 9.50. The van der Waals surface area contributed by atoms with Crippen molar-refractivity contribution in [1.82, 2.24) is 9.80 Å². The maximum atomic E-state index is 12.6. The van der Waals surface area contributed by atoms with Gasteiger partial charge in [0.1, 0.15) is 0 Å². The Morgan fingerprint density at radius 2 is 1.90 bits per heavy atom. The van der Waals surface area contributed by atoms with Crippen LogP contribution >= 0.6 is 0 Å². The number of carbonyl (C=O) groups excluding carboxylic acids is 1. The zero-order valence-electron chi connectivity index (χ0n) is 12.7. The topological polar surface area (TPSA) is 49.6 Å². The predicted molar refractivity (Wildman–Crippen MR) is 82.3 cm³/mol. The van der Waals surface area contributed by atoms with E-state index >= 15 is 0 Å². The SMILES string of the molecule is C[C@@H]1CCC[C@H](C)N1C(=O)N(C)Cc1ccccc1N. The molecule has 4 heteroatoms. The number of benzene rings is 1. The Morgan fingerprint density at radius 1 is 1.30 bits per heavy atom. The van der Waals surface area contributed by atoms with Crippen molar-refractivity contribution in [3.63, 3.8) is 0 Å². The van der Waals surface area contributed by atoms with E-state index in [-0.39, 0.29) is 6.03 Å². The lowest BCUT2D eigenvalue weighted by Gasteiger charge is -2.41. The van der Waals surface area contributed by atoms with Gasteiger partial charge < -0.3 is 15.5 Å². The molecule has 2 N–H and O–H groups in total. The van der Waals surface area contributed by atoms with Crippen LogP contribution in [-0.4, -0.2) is 35.0 Å². The van der Waals surface area contributed by atoms with Crippen LogP contribution in [-0.2, 0) is 6.54 Å². The average molecular weight is 275 g/mol. The molecule has 1 aromatic carbocycles. The van der Waals surface area contributed by atoms with Crippen LogP contribution in [0.2, 0.25) is 0 Å². The van der Waals surface area contributed by atoms with E-state index in [1.807, 2.05) is 36.2 Å². The van der Waals surface area contributed by atoms with Crippen molar-refractivity contribution in [2.75, 3.05) is 12.8 Å². The molecule has 0 radical (unpaired) electrons. The van der Waals surface area contributed by atoms with Crippen molar-refractivity contribution >= 4 is 11.7 Å². The maximum absolute atomic E-state index is 12.6. The molecule has 1 aliphatic rings. The predicted octanol–water partition coefficient (Wildman–Crippen LogP) is 3.08. The molecule has 4 nitrogen and oxygen atoms in total. The molecule has 1 heterocycles. The Hall–Kier alpha value is -1.71. The first kappa shape index (κ1) is 14.7. The summed E-state index contributed by atoms with van der Waals surface area (Å²) in [6.07, 6.45) is 3.40. The molecule has 0 spiro atoms. The van der Waals surface area contributed by atoms with Crippen molar-refractivity contribution < 1.29 is 4.79 Å². The lowest BCUT2D eigenvalue weighted by molar-refractivity contribution is 0.0969. The third-order valence-electron chi connectivity index (χ3n) is 4.20. The van der Waals surface area contributed by atoms with Gasteiger partial charge in [-0.15, -0.1) is 0 Å². The summed E-state index contributed by atoms with van der Waals surface area (Å²) >= 11 is 0. The molecule has 2 rings (SSSR count). The lowest BCUT2D eigenvalue weighted by atomic mass is 9.98. The van der Waals surface area contributed by atoms with Crippen LogP contribution in [0.5, 0.6) is 0 Å². The molecule has 0 unspecified atom stereocenters. The maximum Gasteiger partial charge on any atom is 0.320 e. The minimum atomic E-state index is 0.105. The monoisotopic (exact) mass is 275 g/mol. The van der Waals surface area contributed by atoms with Crippen molar-refractivity contribution in [2.45, 2.75) is 51.7 Å². The fraction of sp³-hybridized carbons (Fsp3) is 0.562. The Balaban J connectivity index is 2.06. The van der Waals surface area contributed by atoms with E-state index < -0.39 is 0 Å². The summed E-state index contributed by atoms with van der Waals surface area (Å²) in [5.41, 5.74) is 7.69. The van der Waals surface area contributed by atoms with Gasteiger partial charge >= 0.3 is 6.03 Å². The minimum absolute atomic E-state index is 0.105. The van der Waals surface area contributed by atoms with Gasteiger partial charge in [-0.2, -0.15) is 0 Å². The van der Waals surface area contributed by atoms with Crippen LogP contribution < -0.4 is 5.73 Å². The van der Waals surface area contributed by atoms with Gasteiger partial charge in [-0.25, -0.2) is 4.79 Å². The van der Waals surface area contributed by atoms with Crippen LogP contribution in [0.25, 0.3) is 0 Å². The van der Waals surface area contributed by atoms with Crippen molar-refractivity contribution in [3.05, 3.63) is 29.8 Å². The summed E-state index contributed by atoms with van der Waals surface area (Å²) in [5, 5.41) is 0. The third-order valence-corrected chi connectivity index (χ3v) is 4.20. The highest BCUT2D eigenvalue weighted by Crippen LogP contribution is 2.24. The molecule has 0 bridgehead atoms. The van der Waals surface area contributed by atoms with Gasteiger partial charge in [-0.3, -0.25) is 0 Å². The van der Waals surface area contributed by atoms with Crippen molar-refractivity contribution in [1.29, 1.82) is 0 Å². The molecule has 0 aliphatic carbocycles. The van der Waals surface area contributed by atoms with E-state index in [0.29, 0.717) is 18.6 Å². The molecule has 110 valence electrons. The van der Waals surface area contributed by atoms with Crippen LogP contribution in [0.15, 0.2) is 24.3 Å². The highest BCUT2D eigenvalue weighted by Gasteiger charge is 2.30. The summed E-state index contributed by atoms with van der Waals surface area (Å²) < 4.78 is 0. The van der Waals surface area contributed by atoms with Crippen LogP contribution in [0.4, 0.5) is 10.5 Å². The lowest BCUT2D eigenvalue weighted by Crippen LogP contribution is -2.52. The number of rotatable bonds is 2. The molecule has 20 heavy (non-hydrogen) atoms. The summed E-state index contributed by atoms with van der Waals surface area (Å²) in [6, 6.07) is 8.46. The quantitative estimate of drug-likeness (QED) is 0.843. The molecule has 2 amide bonds. The van der Waals surface area contributed by atoms with E-state index in [9.17, 15) is 4.79 Å². The second kappa shape index (κ2) is 6.16. The Kier molecular flexibility index (Phi) is 4.53. The smallest absolute Gasteiger partial charge is 0.320 e. The van der Waals surface area contributed by atoms with E-state index in [0.717, 1.165) is 24.1 Å². The second-order valence-electron chi connectivity index (χ2n) is 5.87. The number of para-hydroxylation sites is 1. The van der Waals surface area contributed by atoms with Crippen molar-refractivity contribution in [3.8, 4) is 0 Å². The average Bonchev–Trinajstić information content (AvgIpc) is 2.41. The van der Waals surface area contributed by atoms with Gasteiger partial charge in [0, 0.05) is 31.4 Å². The number of hydrogen-bond acceptors (Lipinski definition) is 2. The zero-order chi connectivity index (χ0) is 14.7. The number of hydrogen-bond donors (Lipinski definition) is 1. The van der Waals surface area contributed by atoms with Gasteiger partial charge in [0.05, 0.1) is 0 Å². The zero-order valence-corrected chi connectivity index (χ0v) is 12.7. The number of urea groups is 1. The van der Waals surface area contributed by atoms with Gasteiger partial charge in [0.15, 0.2) is 0 Å². The molecule has 1 fully saturated rings. The highest BCUT2D eigenvalue weighted by molar-refractivity contribution is 5.75. The summed E-state index contributed by atoms with van der Waals surface area (Å²) in [4.78, 5) is 16.4. The number of nitrogens with zero attached hydrogens (tertiary/aromatic N) is 2. The number of anilines is 1. The fourth-order valence-corrected chi connectivity index (χ4v) is 3.00. The van der Waals surface area contributed by atoms with Gasteiger partial charge in [-0.05, 0) is 44.7 Å². The molecule has 1 aliphatic heterocycles. The summed E-state index contributed by atoms with van der Waals surface area (Å²) in [7, 11) is 1.85. The normalized spacial score (nSPS) is 22.6. The molecule has 0 saturated carbocycles. The first-order valence-corrected chi connectivity index (χ1v) is 7.37. The summed E-state index contributed by atoms with van der Waals surface area (Å²) in [5.74, 6) is 0. The van der Waals surface area contributed by atoms with E-state index in [1.165, 1.54) is 6.42 Å². The number of nitrogens with two attached hydrogens (primary N) is 1. The highest BCUT2D eigenvalue weighted by atomic mass is 16.2. The second-order valence-corrected chi connectivity index (χ2v) is 5.87. The largest absolute Gasteiger partial charge is 0.398 e. The molecular formula is C16H25N3O. The number of carbonyl (C=O) groups is 1. The fourth-order valence-electron chi connectivity index (χ4n) is 3.00. The molecule has 2 atom stereocenters. The molecule has 0 aromatic heterocycles. The molecule has 1 saturated heterocycles. The Labute approximate surface area is 121 Å². The summed E-state index contributed by atoms with van der Waals surface area (Å²) in [6.45, 7) is 4.83. The number of likely N-dealkylation sites (tertiary alicyclic amines) is 1. The van der Waals surface area contributed by atoms with Crippen LogP contribution in [0.3, 0.4) is 0 Å². The van der Waals surface area contributed by atoms with E-state index in [1.54, 1.807) is 4.90 Å². The van der Waals surface area contributed by atoms with Crippen molar-refractivity contribution in [2.24, 2.45) is 0 Å². The van der Waals surface area contributed by atoms with E-state index in [2.05, 4.69) is 13.8 Å². The standard InChI is InChI=1S/C16H25N3O/c1-12-7-6-8-13(2)19(12)16(20)18(3)11-14-9-4-5-10-15(14)17/h4-5,9-10,12-13H,6-8,11,17H2,1-3H3/t12-,13+. The van der Waals surface area contributed by atoms with Crippen LogP contribution in [0, 0.1) is 0 Å². The third kappa shape index (κ3) is 3.06. The number of piperidine rings is 1. The Bertz CT molecular complexity index is 465. The number of amides is 2. The molecule has 1 aromatic rings. The van der Waals surface area contributed by atoms with Crippen LogP contribution in [0.1, 0.15) is 38.7 Å². The Morgan fingerprint density at radius 3 is 2.50 bits per heavy atom. The first-order valence-electron chi connectivity index (χ1n) is 7.37. The molecular weight excluding hydrogens is 250 g/mol.